The van der Waals surface area contributed by atoms with Crippen LogP contribution in [0.1, 0.15) is 25.7 Å². The highest BCUT2D eigenvalue weighted by molar-refractivity contribution is 9.10. The Morgan fingerprint density at radius 2 is 2.28 bits per heavy atom. The van der Waals surface area contributed by atoms with Gasteiger partial charge >= 0.3 is 0 Å². The molecule has 1 fully saturated rings. The minimum Gasteiger partial charge on any atom is -0.397 e. The number of hydrogen-bond donors (Lipinski definition) is 2. The van der Waals surface area contributed by atoms with Crippen LogP contribution in [0.3, 0.4) is 0 Å². The van der Waals surface area contributed by atoms with Crippen LogP contribution in [0.15, 0.2) is 16.6 Å². The molecule has 1 atom stereocenters. The van der Waals surface area contributed by atoms with Gasteiger partial charge in [-0.2, -0.15) is 0 Å². The Balaban J connectivity index is 1.84. The molecule has 3 N–H and O–H groups in total. The normalized spacial score (nSPS) is 19.8. The number of nitrogen functional groups attached to an aromatic ring is 1. The first-order valence-corrected chi connectivity index (χ1v) is 7.06. The van der Waals surface area contributed by atoms with Crippen LogP contribution in [0, 0.1) is 5.82 Å². The Kier molecular flexibility index (Phi) is 4.83. The van der Waals surface area contributed by atoms with E-state index in [1.807, 2.05) is 0 Å². The third-order valence-corrected chi connectivity index (χ3v) is 3.76. The fourth-order valence-corrected chi connectivity index (χ4v) is 2.46. The molecule has 1 aliphatic heterocycles. The Labute approximate surface area is 115 Å². The third kappa shape index (κ3) is 3.59. The van der Waals surface area contributed by atoms with E-state index in [2.05, 4.69) is 21.2 Å². The maximum Gasteiger partial charge on any atom is 0.139 e. The molecule has 5 heteroatoms. The second kappa shape index (κ2) is 6.38. The molecule has 2 rings (SSSR count). The number of hydrogen-bond acceptors (Lipinski definition) is 3. The Morgan fingerprint density at radius 1 is 1.44 bits per heavy atom. The summed E-state index contributed by atoms with van der Waals surface area (Å²) in [4.78, 5) is 0. The van der Waals surface area contributed by atoms with Gasteiger partial charge in [0, 0.05) is 19.2 Å². The number of nitrogens with one attached hydrogen (secondary N) is 1. The summed E-state index contributed by atoms with van der Waals surface area (Å²) in [5, 5.41) is 3.23. The van der Waals surface area contributed by atoms with Crippen molar-refractivity contribution in [3.05, 3.63) is 22.4 Å². The van der Waals surface area contributed by atoms with Crippen molar-refractivity contribution < 1.29 is 9.13 Å². The van der Waals surface area contributed by atoms with Crippen LogP contribution in [0.4, 0.5) is 15.8 Å². The zero-order valence-corrected chi connectivity index (χ0v) is 11.8. The molecule has 0 spiro atoms. The second-order valence-electron chi connectivity index (χ2n) is 4.56. The SMILES string of the molecule is Nc1cc(F)c(Br)cc1NCCC1CCCCO1. The number of anilines is 2. The van der Waals surface area contributed by atoms with Crippen molar-refractivity contribution in [2.75, 3.05) is 24.2 Å². The molecule has 0 radical (unpaired) electrons. The summed E-state index contributed by atoms with van der Waals surface area (Å²) in [7, 11) is 0. The summed E-state index contributed by atoms with van der Waals surface area (Å²) in [5.74, 6) is -0.339. The first-order valence-electron chi connectivity index (χ1n) is 6.27. The van der Waals surface area contributed by atoms with E-state index in [4.69, 9.17) is 10.5 Å². The molecular weight excluding hydrogens is 299 g/mol. The summed E-state index contributed by atoms with van der Waals surface area (Å²) in [6, 6.07) is 3.00. The zero-order valence-electron chi connectivity index (χ0n) is 10.2. The van der Waals surface area contributed by atoms with Gasteiger partial charge in [-0.1, -0.05) is 0 Å². The van der Waals surface area contributed by atoms with Gasteiger partial charge in [0.05, 0.1) is 22.0 Å². The number of nitrogens with two attached hydrogens (primary N) is 1. The lowest BCUT2D eigenvalue weighted by atomic mass is 10.1. The van der Waals surface area contributed by atoms with E-state index in [0.29, 0.717) is 16.3 Å². The average Bonchev–Trinajstić information content (AvgIpc) is 2.37. The van der Waals surface area contributed by atoms with E-state index in [9.17, 15) is 4.39 Å². The van der Waals surface area contributed by atoms with E-state index >= 15 is 0 Å². The van der Waals surface area contributed by atoms with Crippen LogP contribution in [0.25, 0.3) is 0 Å². The van der Waals surface area contributed by atoms with Crippen LogP contribution in [0.2, 0.25) is 0 Å². The smallest absolute Gasteiger partial charge is 0.139 e. The number of halogens is 2. The van der Waals surface area contributed by atoms with Crippen LogP contribution in [0.5, 0.6) is 0 Å². The van der Waals surface area contributed by atoms with Gasteiger partial charge in [0.25, 0.3) is 0 Å². The molecule has 1 aliphatic rings. The molecule has 0 aromatic heterocycles. The van der Waals surface area contributed by atoms with Crippen molar-refractivity contribution in [1.82, 2.24) is 0 Å². The van der Waals surface area contributed by atoms with E-state index in [1.54, 1.807) is 6.07 Å². The molecule has 0 amide bonds. The molecule has 100 valence electrons. The Bertz CT molecular complexity index is 408. The van der Waals surface area contributed by atoms with Gasteiger partial charge in [0.15, 0.2) is 0 Å². The van der Waals surface area contributed by atoms with Gasteiger partial charge in [-0.3, -0.25) is 0 Å². The summed E-state index contributed by atoms with van der Waals surface area (Å²) in [6.45, 7) is 1.65. The monoisotopic (exact) mass is 316 g/mol. The molecular formula is C13H18BrFN2O. The molecule has 1 unspecified atom stereocenters. The van der Waals surface area contributed by atoms with Crippen molar-refractivity contribution in [2.45, 2.75) is 31.8 Å². The zero-order chi connectivity index (χ0) is 13.0. The van der Waals surface area contributed by atoms with Crippen molar-refractivity contribution >= 4 is 27.3 Å². The largest absolute Gasteiger partial charge is 0.397 e. The molecule has 0 aliphatic carbocycles. The predicted octanol–water partition coefficient (Wildman–Crippen LogP) is 3.54. The molecule has 3 nitrogen and oxygen atoms in total. The second-order valence-corrected chi connectivity index (χ2v) is 5.41. The lowest BCUT2D eigenvalue weighted by Crippen LogP contribution is -2.22. The summed E-state index contributed by atoms with van der Waals surface area (Å²) >= 11 is 3.15. The third-order valence-electron chi connectivity index (χ3n) is 3.15. The van der Waals surface area contributed by atoms with Crippen molar-refractivity contribution in [2.24, 2.45) is 0 Å². The fourth-order valence-electron chi connectivity index (χ4n) is 2.12. The highest BCUT2D eigenvalue weighted by Gasteiger charge is 2.13. The van der Waals surface area contributed by atoms with Gasteiger partial charge in [0.2, 0.25) is 0 Å². The first kappa shape index (κ1) is 13.6. The van der Waals surface area contributed by atoms with E-state index in [1.165, 1.54) is 18.9 Å². The highest BCUT2D eigenvalue weighted by Crippen LogP contribution is 2.26. The summed E-state index contributed by atoms with van der Waals surface area (Å²) < 4.78 is 19.3. The Morgan fingerprint density at radius 3 is 3.00 bits per heavy atom. The van der Waals surface area contributed by atoms with E-state index < -0.39 is 0 Å². The topological polar surface area (TPSA) is 47.3 Å². The van der Waals surface area contributed by atoms with Gasteiger partial charge in [-0.25, -0.2) is 4.39 Å². The van der Waals surface area contributed by atoms with Gasteiger partial charge in [0.1, 0.15) is 5.82 Å². The van der Waals surface area contributed by atoms with Crippen LogP contribution in [-0.4, -0.2) is 19.3 Å². The lowest BCUT2D eigenvalue weighted by molar-refractivity contribution is 0.0134. The Hall–Kier alpha value is -0.810. The standard InChI is InChI=1S/C13H18BrFN2O/c14-10-7-13(12(16)8-11(10)15)17-5-4-9-3-1-2-6-18-9/h7-9,17H,1-6,16H2. The quantitative estimate of drug-likeness (QED) is 0.835. The first-order chi connectivity index (χ1) is 8.66. The predicted molar refractivity (Wildman–Crippen MR) is 75.2 cm³/mol. The molecule has 1 heterocycles. The van der Waals surface area contributed by atoms with Gasteiger partial charge < -0.3 is 15.8 Å². The highest BCUT2D eigenvalue weighted by atomic mass is 79.9. The molecule has 0 bridgehead atoms. The number of rotatable bonds is 4. The van der Waals surface area contributed by atoms with Crippen LogP contribution < -0.4 is 11.1 Å². The molecule has 18 heavy (non-hydrogen) atoms. The van der Waals surface area contributed by atoms with Gasteiger partial charge in [-0.15, -0.1) is 0 Å². The van der Waals surface area contributed by atoms with Gasteiger partial charge in [-0.05, 0) is 47.7 Å². The molecule has 1 aromatic carbocycles. The maximum absolute atomic E-state index is 13.2. The minimum absolute atomic E-state index is 0.339. The lowest BCUT2D eigenvalue weighted by Gasteiger charge is -2.22. The minimum atomic E-state index is -0.339. The van der Waals surface area contributed by atoms with Crippen LogP contribution >= 0.6 is 15.9 Å². The molecule has 1 aromatic rings. The number of benzene rings is 1. The fraction of sp³-hybridized carbons (Fsp3) is 0.538. The van der Waals surface area contributed by atoms with Crippen molar-refractivity contribution in [3.63, 3.8) is 0 Å². The van der Waals surface area contributed by atoms with E-state index in [0.717, 1.165) is 31.7 Å². The average molecular weight is 317 g/mol. The van der Waals surface area contributed by atoms with Crippen LogP contribution in [-0.2, 0) is 4.74 Å². The van der Waals surface area contributed by atoms with E-state index in [-0.39, 0.29) is 5.82 Å². The maximum atomic E-state index is 13.2. The summed E-state index contributed by atoms with van der Waals surface area (Å²) in [5.41, 5.74) is 6.95. The molecule has 0 saturated carbocycles. The molecule has 1 saturated heterocycles. The van der Waals surface area contributed by atoms with Crippen molar-refractivity contribution in [1.29, 1.82) is 0 Å². The van der Waals surface area contributed by atoms with Crippen molar-refractivity contribution in [3.8, 4) is 0 Å². The summed E-state index contributed by atoms with van der Waals surface area (Å²) in [6.07, 6.45) is 4.84. The number of ether oxygens (including phenoxy) is 1.